The van der Waals surface area contributed by atoms with Crippen molar-refractivity contribution in [3.8, 4) is 0 Å². The van der Waals surface area contributed by atoms with Gasteiger partial charge in [0.25, 0.3) is 0 Å². The summed E-state index contributed by atoms with van der Waals surface area (Å²) in [7, 11) is 0. The lowest BCUT2D eigenvalue weighted by Gasteiger charge is -2.24. The van der Waals surface area contributed by atoms with Crippen molar-refractivity contribution in [1.29, 1.82) is 0 Å². The van der Waals surface area contributed by atoms with Crippen LogP contribution in [0.3, 0.4) is 0 Å². The van der Waals surface area contributed by atoms with Crippen LogP contribution in [0.2, 0.25) is 0 Å². The van der Waals surface area contributed by atoms with Gasteiger partial charge in [-0.2, -0.15) is 0 Å². The van der Waals surface area contributed by atoms with Crippen LogP contribution in [0.15, 0.2) is 18.2 Å². The third-order valence-electron chi connectivity index (χ3n) is 2.65. The van der Waals surface area contributed by atoms with Gasteiger partial charge in [-0.05, 0) is 30.0 Å². The zero-order valence-corrected chi connectivity index (χ0v) is 9.96. The molecule has 0 aromatic heterocycles. The molecule has 0 unspecified atom stereocenters. The van der Waals surface area contributed by atoms with E-state index in [9.17, 15) is 0 Å². The van der Waals surface area contributed by atoms with Crippen LogP contribution in [-0.4, -0.2) is 18.3 Å². The SMILES string of the molecule is CC(C)(CCO)CNc1ccc(N)c(N)c1. The molecule has 0 heterocycles. The Balaban J connectivity index is 2.57. The molecule has 0 aliphatic carbocycles. The molecule has 90 valence electrons. The van der Waals surface area contributed by atoms with Crippen LogP contribution in [0.5, 0.6) is 0 Å². The Labute approximate surface area is 96.6 Å². The Bertz CT molecular complexity index is 350. The predicted octanol–water partition coefficient (Wildman–Crippen LogP) is 1.67. The van der Waals surface area contributed by atoms with Crippen molar-refractivity contribution in [2.24, 2.45) is 5.41 Å². The van der Waals surface area contributed by atoms with Gasteiger partial charge >= 0.3 is 0 Å². The van der Waals surface area contributed by atoms with E-state index < -0.39 is 0 Å². The molecule has 0 fully saturated rings. The molecular formula is C12H21N3O. The maximum atomic E-state index is 8.92. The minimum atomic E-state index is 0.0604. The molecule has 1 aromatic carbocycles. The first-order chi connectivity index (χ1) is 7.44. The van der Waals surface area contributed by atoms with Crippen LogP contribution in [0.4, 0.5) is 17.1 Å². The lowest BCUT2D eigenvalue weighted by atomic mass is 9.89. The summed E-state index contributed by atoms with van der Waals surface area (Å²) >= 11 is 0. The largest absolute Gasteiger partial charge is 0.397 e. The van der Waals surface area contributed by atoms with Gasteiger partial charge < -0.3 is 21.9 Å². The summed E-state index contributed by atoms with van der Waals surface area (Å²) in [5.74, 6) is 0. The van der Waals surface area contributed by atoms with Gasteiger partial charge in [-0.1, -0.05) is 13.8 Å². The number of benzene rings is 1. The van der Waals surface area contributed by atoms with E-state index in [1.54, 1.807) is 6.07 Å². The van der Waals surface area contributed by atoms with E-state index in [0.717, 1.165) is 18.7 Å². The molecule has 0 saturated carbocycles. The summed E-state index contributed by atoms with van der Waals surface area (Å²) < 4.78 is 0. The number of hydrogen-bond acceptors (Lipinski definition) is 4. The van der Waals surface area contributed by atoms with Crippen LogP contribution in [0.25, 0.3) is 0 Å². The molecule has 0 atom stereocenters. The van der Waals surface area contributed by atoms with Gasteiger partial charge in [0.15, 0.2) is 0 Å². The highest BCUT2D eigenvalue weighted by Crippen LogP contribution is 2.23. The number of hydrogen-bond donors (Lipinski definition) is 4. The first-order valence-electron chi connectivity index (χ1n) is 5.44. The van der Waals surface area contributed by atoms with Crippen molar-refractivity contribution < 1.29 is 5.11 Å². The molecule has 1 rings (SSSR count). The van der Waals surface area contributed by atoms with Crippen LogP contribution < -0.4 is 16.8 Å². The number of nitrogen functional groups attached to an aromatic ring is 2. The van der Waals surface area contributed by atoms with Gasteiger partial charge in [-0.25, -0.2) is 0 Å². The Morgan fingerprint density at radius 2 is 1.94 bits per heavy atom. The lowest BCUT2D eigenvalue weighted by Crippen LogP contribution is -2.24. The molecule has 0 spiro atoms. The minimum Gasteiger partial charge on any atom is -0.397 e. The number of aliphatic hydroxyl groups is 1. The molecule has 0 saturated heterocycles. The van der Waals surface area contributed by atoms with E-state index in [4.69, 9.17) is 16.6 Å². The standard InChI is InChI=1S/C12H21N3O/c1-12(2,5-6-16)8-15-9-3-4-10(13)11(14)7-9/h3-4,7,15-16H,5-6,8,13-14H2,1-2H3. The monoisotopic (exact) mass is 223 g/mol. The van der Waals surface area contributed by atoms with Crippen LogP contribution >= 0.6 is 0 Å². The number of aliphatic hydroxyl groups excluding tert-OH is 1. The van der Waals surface area contributed by atoms with Gasteiger partial charge in [0.1, 0.15) is 0 Å². The Morgan fingerprint density at radius 1 is 1.25 bits per heavy atom. The predicted molar refractivity (Wildman–Crippen MR) is 69.2 cm³/mol. The zero-order valence-electron chi connectivity index (χ0n) is 9.96. The maximum absolute atomic E-state index is 8.92. The molecule has 1 aromatic rings. The molecule has 0 amide bonds. The molecule has 0 aliphatic rings. The molecule has 0 aliphatic heterocycles. The van der Waals surface area contributed by atoms with Gasteiger partial charge in [0.05, 0.1) is 11.4 Å². The average molecular weight is 223 g/mol. The third-order valence-corrected chi connectivity index (χ3v) is 2.65. The molecule has 4 heteroatoms. The van der Waals surface area contributed by atoms with Crippen LogP contribution in [0.1, 0.15) is 20.3 Å². The molecule has 0 radical (unpaired) electrons. The van der Waals surface area contributed by atoms with Crippen molar-refractivity contribution in [3.05, 3.63) is 18.2 Å². The van der Waals surface area contributed by atoms with Crippen molar-refractivity contribution in [2.75, 3.05) is 29.9 Å². The van der Waals surface area contributed by atoms with Crippen molar-refractivity contribution >= 4 is 17.1 Å². The fraction of sp³-hybridized carbons (Fsp3) is 0.500. The Morgan fingerprint density at radius 3 is 2.50 bits per heavy atom. The van der Waals surface area contributed by atoms with Gasteiger partial charge in [-0.15, -0.1) is 0 Å². The summed E-state index contributed by atoms with van der Waals surface area (Å²) in [5, 5.41) is 12.2. The number of nitrogens with one attached hydrogen (secondary N) is 1. The quantitative estimate of drug-likeness (QED) is 0.572. The highest BCUT2D eigenvalue weighted by atomic mass is 16.3. The summed E-state index contributed by atoms with van der Waals surface area (Å²) in [6.07, 6.45) is 0.768. The second-order valence-corrected chi connectivity index (χ2v) is 4.84. The normalized spacial score (nSPS) is 11.4. The number of nitrogens with two attached hydrogens (primary N) is 2. The van der Waals surface area contributed by atoms with Crippen LogP contribution in [-0.2, 0) is 0 Å². The summed E-state index contributed by atoms with van der Waals surface area (Å²) in [4.78, 5) is 0. The van der Waals surface area contributed by atoms with E-state index in [1.807, 2.05) is 12.1 Å². The second kappa shape index (κ2) is 5.07. The number of rotatable bonds is 5. The minimum absolute atomic E-state index is 0.0604. The molecular weight excluding hydrogens is 202 g/mol. The summed E-state index contributed by atoms with van der Waals surface area (Å²) in [5.41, 5.74) is 13.5. The third kappa shape index (κ3) is 3.62. The Kier molecular flexibility index (Phi) is 4.01. The van der Waals surface area contributed by atoms with E-state index in [2.05, 4.69) is 19.2 Å². The van der Waals surface area contributed by atoms with E-state index in [0.29, 0.717) is 11.4 Å². The van der Waals surface area contributed by atoms with Crippen LogP contribution in [0, 0.1) is 5.41 Å². The van der Waals surface area contributed by atoms with Crippen molar-refractivity contribution in [3.63, 3.8) is 0 Å². The molecule has 0 bridgehead atoms. The Hall–Kier alpha value is -1.42. The van der Waals surface area contributed by atoms with E-state index >= 15 is 0 Å². The van der Waals surface area contributed by atoms with E-state index in [-0.39, 0.29) is 12.0 Å². The molecule has 16 heavy (non-hydrogen) atoms. The second-order valence-electron chi connectivity index (χ2n) is 4.84. The first-order valence-corrected chi connectivity index (χ1v) is 5.44. The fourth-order valence-electron chi connectivity index (χ4n) is 1.42. The molecule has 4 nitrogen and oxygen atoms in total. The lowest BCUT2D eigenvalue weighted by molar-refractivity contribution is 0.220. The maximum Gasteiger partial charge on any atom is 0.0568 e. The first kappa shape index (κ1) is 12.6. The zero-order chi connectivity index (χ0) is 12.2. The number of anilines is 3. The topological polar surface area (TPSA) is 84.3 Å². The highest BCUT2D eigenvalue weighted by Gasteiger charge is 2.16. The van der Waals surface area contributed by atoms with Crippen molar-refractivity contribution in [1.82, 2.24) is 0 Å². The van der Waals surface area contributed by atoms with Crippen molar-refractivity contribution in [2.45, 2.75) is 20.3 Å². The smallest absolute Gasteiger partial charge is 0.0568 e. The fourth-order valence-corrected chi connectivity index (χ4v) is 1.42. The van der Waals surface area contributed by atoms with Gasteiger partial charge in [0, 0.05) is 18.8 Å². The molecule has 6 N–H and O–H groups in total. The van der Waals surface area contributed by atoms with E-state index in [1.165, 1.54) is 0 Å². The summed E-state index contributed by atoms with van der Waals surface area (Å²) in [6.45, 7) is 5.21. The van der Waals surface area contributed by atoms with Gasteiger partial charge in [-0.3, -0.25) is 0 Å². The highest BCUT2D eigenvalue weighted by molar-refractivity contribution is 5.69. The van der Waals surface area contributed by atoms with Gasteiger partial charge in [0.2, 0.25) is 0 Å². The average Bonchev–Trinajstić information content (AvgIpc) is 2.20. The summed E-state index contributed by atoms with van der Waals surface area (Å²) in [6, 6.07) is 5.52.